The van der Waals surface area contributed by atoms with E-state index in [4.69, 9.17) is 0 Å². The van der Waals surface area contributed by atoms with Crippen molar-refractivity contribution >= 4 is 21.7 Å². The third kappa shape index (κ3) is 3.63. The first kappa shape index (κ1) is 10.3. The van der Waals surface area contributed by atoms with E-state index in [0.29, 0.717) is 18.7 Å². The van der Waals surface area contributed by atoms with Crippen LogP contribution in [-0.4, -0.2) is 15.8 Å². The summed E-state index contributed by atoms with van der Waals surface area (Å²) >= 11 is 3.23. The van der Waals surface area contributed by atoms with Crippen molar-refractivity contribution in [2.45, 2.75) is 26.2 Å². The van der Waals surface area contributed by atoms with Crippen molar-refractivity contribution in [3.8, 4) is 0 Å². The zero-order valence-electron chi connectivity index (χ0n) is 7.46. The van der Waals surface area contributed by atoms with Crippen LogP contribution in [0.25, 0.3) is 0 Å². The number of halogens is 1. The summed E-state index contributed by atoms with van der Waals surface area (Å²) in [5.74, 6) is 0.798. The molecule has 13 heavy (non-hydrogen) atoms. The second-order valence-electron chi connectivity index (χ2n) is 2.78. The van der Waals surface area contributed by atoms with Crippen molar-refractivity contribution in [3.63, 3.8) is 0 Å². The van der Waals surface area contributed by atoms with Crippen LogP contribution < -0.4 is 0 Å². The molecule has 1 aromatic heterocycles. The average molecular weight is 243 g/mol. The highest BCUT2D eigenvalue weighted by atomic mass is 79.9. The molecule has 0 aromatic carbocycles. The molecule has 0 aliphatic rings. The van der Waals surface area contributed by atoms with Crippen LogP contribution in [0.5, 0.6) is 0 Å². The molecule has 0 bridgehead atoms. The summed E-state index contributed by atoms with van der Waals surface area (Å²) in [6, 6.07) is 0. The van der Waals surface area contributed by atoms with Crippen molar-refractivity contribution in [2.24, 2.45) is 0 Å². The molecule has 4 heteroatoms. The smallest absolute Gasteiger partial charge is 0.140 e. The number of hydrogen-bond donors (Lipinski definition) is 0. The molecule has 0 saturated heterocycles. The van der Waals surface area contributed by atoms with Crippen molar-refractivity contribution in [2.75, 3.05) is 0 Å². The van der Waals surface area contributed by atoms with Gasteiger partial charge in [0.1, 0.15) is 11.6 Å². The molecule has 1 aromatic rings. The first-order valence-electron chi connectivity index (χ1n) is 4.20. The van der Waals surface area contributed by atoms with Gasteiger partial charge in [-0.05, 0) is 22.4 Å². The molecule has 1 rings (SSSR count). The summed E-state index contributed by atoms with van der Waals surface area (Å²) in [7, 11) is 0. The highest BCUT2D eigenvalue weighted by Gasteiger charge is 2.04. The highest BCUT2D eigenvalue weighted by Crippen LogP contribution is 2.05. The van der Waals surface area contributed by atoms with E-state index in [2.05, 4.69) is 25.9 Å². The van der Waals surface area contributed by atoms with Gasteiger partial charge >= 0.3 is 0 Å². The van der Waals surface area contributed by atoms with E-state index >= 15 is 0 Å². The zero-order chi connectivity index (χ0) is 9.68. The molecule has 0 aliphatic heterocycles. The summed E-state index contributed by atoms with van der Waals surface area (Å²) in [5, 5.41) is 0. The number of carbonyl (C=O) groups excluding carboxylic acids is 1. The van der Waals surface area contributed by atoms with Crippen LogP contribution in [0.2, 0.25) is 0 Å². The number of ketones is 1. The van der Waals surface area contributed by atoms with Gasteiger partial charge in [0.15, 0.2) is 0 Å². The number of hydrogen-bond acceptors (Lipinski definition) is 3. The molecule has 70 valence electrons. The van der Waals surface area contributed by atoms with Gasteiger partial charge in [-0.25, -0.2) is 9.97 Å². The topological polar surface area (TPSA) is 42.9 Å². The standard InChI is InChI=1S/C9H11BrN2O/c1-2-3-8(13)4-9-11-5-7(10)6-12-9/h5-6H,2-4H2,1H3. The lowest BCUT2D eigenvalue weighted by molar-refractivity contribution is -0.118. The molecule has 0 spiro atoms. The fraction of sp³-hybridized carbons (Fsp3) is 0.444. The SMILES string of the molecule is CCCC(=O)Cc1ncc(Br)cn1. The zero-order valence-corrected chi connectivity index (χ0v) is 9.04. The number of Topliss-reactive ketones (excluding diaryl/α,β-unsaturated/α-hetero) is 1. The van der Waals surface area contributed by atoms with Crippen molar-refractivity contribution in [3.05, 3.63) is 22.7 Å². The Hall–Kier alpha value is -0.770. The molecule has 0 unspecified atom stereocenters. The van der Waals surface area contributed by atoms with Crippen LogP contribution in [0.15, 0.2) is 16.9 Å². The lowest BCUT2D eigenvalue weighted by Crippen LogP contribution is -2.05. The summed E-state index contributed by atoms with van der Waals surface area (Å²) in [6.07, 6.45) is 5.15. The lowest BCUT2D eigenvalue weighted by Gasteiger charge is -1.97. The van der Waals surface area contributed by atoms with E-state index in [1.807, 2.05) is 6.92 Å². The number of aromatic nitrogens is 2. The van der Waals surface area contributed by atoms with Crippen LogP contribution in [0.4, 0.5) is 0 Å². The van der Waals surface area contributed by atoms with Crippen molar-refractivity contribution in [1.29, 1.82) is 0 Å². The molecule has 1 heterocycles. The van der Waals surface area contributed by atoms with Crippen LogP contribution in [0, 0.1) is 0 Å². The summed E-state index contributed by atoms with van der Waals surface area (Å²) in [4.78, 5) is 19.2. The van der Waals surface area contributed by atoms with Gasteiger partial charge in [0.2, 0.25) is 0 Å². The second-order valence-corrected chi connectivity index (χ2v) is 3.70. The Morgan fingerprint density at radius 2 is 2.08 bits per heavy atom. The molecule has 0 fully saturated rings. The highest BCUT2D eigenvalue weighted by molar-refractivity contribution is 9.10. The molecule has 0 N–H and O–H groups in total. The van der Waals surface area contributed by atoms with Crippen LogP contribution in [0.1, 0.15) is 25.6 Å². The Morgan fingerprint density at radius 1 is 1.46 bits per heavy atom. The minimum absolute atomic E-state index is 0.199. The quantitative estimate of drug-likeness (QED) is 0.813. The van der Waals surface area contributed by atoms with Crippen molar-refractivity contribution < 1.29 is 4.79 Å². The van der Waals surface area contributed by atoms with E-state index < -0.39 is 0 Å². The van der Waals surface area contributed by atoms with Gasteiger partial charge in [0.25, 0.3) is 0 Å². The Balaban J connectivity index is 2.54. The molecular weight excluding hydrogens is 232 g/mol. The number of rotatable bonds is 4. The fourth-order valence-corrected chi connectivity index (χ4v) is 1.18. The third-order valence-electron chi connectivity index (χ3n) is 1.56. The lowest BCUT2D eigenvalue weighted by atomic mass is 10.2. The van der Waals surface area contributed by atoms with Gasteiger partial charge in [-0.15, -0.1) is 0 Å². The van der Waals surface area contributed by atoms with E-state index in [9.17, 15) is 4.79 Å². The second kappa shape index (κ2) is 5.07. The van der Waals surface area contributed by atoms with Crippen LogP contribution in [0.3, 0.4) is 0 Å². The normalized spacial score (nSPS) is 10.0. The van der Waals surface area contributed by atoms with Gasteiger partial charge in [-0.3, -0.25) is 4.79 Å². The Morgan fingerprint density at radius 3 is 2.62 bits per heavy atom. The summed E-state index contributed by atoms with van der Waals surface area (Å²) in [5.41, 5.74) is 0. The first-order valence-corrected chi connectivity index (χ1v) is 4.99. The van der Waals surface area contributed by atoms with E-state index in [1.165, 1.54) is 0 Å². The van der Waals surface area contributed by atoms with E-state index in [0.717, 1.165) is 10.9 Å². The Kier molecular flexibility index (Phi) is 4.02. The monoisotopic (exact) mass is 242 g/mol. The molecule has 0 aliphatic carbocycles. The number of nitrogens with zero attached hydrogens (tertiary/aromatic N) is 2. The van der Waals surface area contributed by atoms with Gasteiger partial charge in [-0.1, -0.05) is 6.92 Å². The maximum absolute atomic E-state index is 11.2. The summed E-state index contributed by atoms with van der Waals surface area (Å²) < 4.78 is 0.833. The van der Waals surface area contributed by atoms with E-state index in [-0.39, 0.29) is 5.78 Å². The summed E-state index contributed by atoms with van der Waals surface area (Å²) in [6.45, 7) is 1.99. The van der Waals surface area contributed by atoms with Gasteiger partial charge < -0.3 is 0 Å². The average Bonchev–Trinajstić information content (AvgIpc) is 2.09. The molecule has 0 radical (unpaired) electrons. The molecule has 0 atom stereocenters. The van der Waals surface area contributed by atoms with Gasteiger partial charge in [0.05, 0.1) is 10.9 Å². The van der Waals surface area contributed by atoms with Crippen LogP contribution in [-0.2, 0) is 11.2 Å². The Bertz CT molecular complexity index is 284. The van der Waals surface area contributed by atoms with Crippen molar-refractivity contribution in [1.82, 2.24) is 9.97 Å². The first-order chi connectivity index (χ1) is 6.22. The molecule has 0 saturated carbocycles. The minimum atomic E-state index is 0.199. The largest absolute Gasteiger partial charge is 0.299 e. The predicted octanol–water partition coefficient (Wildman–Crippen LogP) is 2.15. The molecule has 3 nitrogen and oxygen atoms in total. The van der Waals surface area contributed by atoms with Crippen LogP contribution >= 0.6 is 15.9 Å². The third-order valence-corrected chi connectivity index (χ3v) is 1.97. The molecular formula is C9H11BrN2O. The van der Waals surface area contributed by atoms with Gasteiger partial charge in [-0.2, -0.15) is 0 Å². The maximum atomic E-state index is 11.2. The maximum Gasteiger partial charge on any atom is 0.140 e. The predicted molar refractivity (Wildman–Crippen MR) is 53.4 cm³/mol. The van der Waals surface area contributed by atoms with E-state index in [1.54, 1.807) is 12.4 Å². The Labute approximate surface area is 85.7 Å². The minimum Gasteiger partial charge on any atom is -0.299 e. The number of carbonyl (C=O) groups is 1. The fourth-order valence-electron chi connectivity index (χ4n) is 0.974. The molecule has 0 amide bonds. The van der Waals surface area contributed by atoms with Gasteiger partial charge in [0, 0.05) is 18.8 Å².